The molecule has 7 heavy (non-hydrogen) atoms. The number of nitrogens with zero attached hydrogens (tertiary/aromatic N) is 1. The fourth-order valence-corrected chi connectivity index (χ4v) is 0.376. The van der Waals surface area contributed by atoms with Crippen LogP contribution in [-0.4, -0.2) is 6.04 Å². The molecular formula is C5H10N2. The van der Waals surface area contributed by atoms with Gasteiger partial charge in [-0.05, 0) is 6.42 Å². The van der Waals surface area contributed by atoms with Gasteiger partial charge in [-0.1, -0.05) is 13.3 Å². The predicted octanol–water partition coefficient (Wildman–Crippen LogP) is 0.637. The number of nitrogens with two attached hydrogens (primary N) is 1. The quantitative estimate of drug-likeness (QED) is 0.551. The van der Waals surface area contributed by atoms with E-state index >= 15 is 0 Å². The van der Waals surface area contributed by atoms with Gasteiger partial charge in [0.05, 0.1) is 12.1 Å². The zero-order chi connectivity index (χ0) is 5.70. The van der Waals surface area contributed by atoms with Crippen molar-refractivity contribution in [2.75, 3.05) is 0 Å². The van der Waals surface area contributed by atoms with Crippen LogP contribution in [-0.2, 0) is 0 Å². The number of nitriles is 1. The molecule has 0 heterocycles. The van der Waals surface area contributed by atoms with Crippen molar-refractivity contribution in [3.8, 4) is 6.07 Å². The summed E-state index contributed by atoms with van der Waals surface area (Å²) in [7, 11) is 0. The monoisotopic (exact) mass is 98.1 g/mol. The number of hydrogen-bond acceptors (Lipinski definition) is 2. The Morgan fingerprint density at radius 3 is 2.57 bits per heavy atom. The molecule has 0 aliphatic carbocycles. The maximum absolute atomic E-state index is 8.09. The van der Waals surface area contributed by atoms with Gasteiger partial charge in [-0.2, -0.15) is 5.26 Å². The van der Waals surface area contributed by atoms with Crippen LogP contribution in [0.1, 0.15) is 19.8 Å². The van der Waals surface area contributed by atoms with E-state index in [0.29, 0.717) is 0 Å². The summed E-state index contributed by atoms with van der Waals surface area (Å²) in [5.41, 5.74) is 5.22. The smallest absolute Gasteiger partial charge is 0.0927 e. The van der Waals surface area contributed by atoms with E-state index in [2.05, 4.69) is 0 Å². The van der Waals surface area contributed by atoms with Crippen LogP contribution in [0.2, 0.25) is 0 Å². The van der Waals surface area contributed by atoms with Gasteiger partial charge in [0.15, 0.2) is 0 Å². The first-order valence-corrected chi connectivity index (χ1v) is 2.46. The Kier molecular flexibility index (Phi) is 3.35. The second-order valence-corrected chi connectivity index (χ2v) is 1.52. The van der Waals surface area contributed by atoms with Gasteiger partial charge >= 0.3 is 0 Å². The number of rotatable bonds is 2. The molecule has 2 N–H and O–H groups in total. The topological polar surface area (TPSA) is 49.8 Å². The molecule has 40 valence electrons. The lowest BCUT2D eigenvalue weighted by Gasteiger charge is -1.93. The lowest BCUT2D eigenvalue weighted by molar-refractivity contribution is 0.713. The zero-order valence-electron chi connectivity index (χ0n) is 4.52. The van der Waals surface area contributed by atoms with Crippen LogP contribution in [0.3, 0.4) is 0 Å². The Morgan fingerprint density at radius 2 is 2.43 bits per heavy atom. The molecule has 0 aromatic heterocycles. The van der Waals surface area contributed by atoms with Crippen molar-refractivity contribution in [1.29, 1.82) is 5.26 Å². The first-order valence-electron chi connectivity index (χ1n) is 2.46. The fraction of sp³-hybridized carbons (Fsp3) is 0.800. The van der Waals surface area contributed by atoms with Crippen LogP contribution in [0.5, 0.6) is 0 Å². The molecule has 0 saturated carbocycles. The summed E-state index contributed by atoms with van der Waals surface area (Å²) in [6.07, 6.45) is 1.81. The first-order chi connectivity index (χ1) is 3.31. The number of hydrogen-bond donors (Lipinski definition) is 1. The fourth-order valence-electron chi connectivity index (χ4n) is 0.376. The average Bonchev–Trinajstić information content (AvgIpc) is 1.68. The van der Waals surface area contributed by atoms with Crippen molar-refractivity contribution in [2.24, 2.45) is 5.73 Å². The van der Waals surface area contributed by atoms with Gasteiger partial charge in [0.25, 0.3) is 0 Å². The molecule has 2 nitrogen and oxygen atoms in total. The average molecular weight is 98.1 g/mol. The van der Waals surface area contributed by atoms with Crippen LogP contribution >= 0.6 is 0 Å². The van der Waals surface area contributed by atoms with Crippen molar-refractivity contribution in [1.82, 2.24) is 0 Å². The van der Waals surface area contributed by atoms with E-state index in [4.69, 9.17) is 11.0 Å². The molecule has 1 atom stereocenters. The zero-order valence-corrected chi connectivity index (χ0v) is 4.52. The van der Waals surface area contributed by atoms with Crippen LogP contribution in [0.4, 0.5) is 0 Å². The molecule has 0 rings (SSSR count). The largest absolute Gasteiger partial charge is 0.316 e. The van der Waals surface area contributed by atoms with Gasteiger partial charge in [0, 0.05) is 0 Å². The van der Waals surface area contributed by atoms with Crippen LogP contribution in [0.15, 0.2) is 0 Å². The summed E-state index contributed by atoms with van der Waals surface area (Å²) in [6.45, 7) is 2.01. The van der Waals surface area contributed by atoms with E-state index in [1.165, 1.54) is 0 Å². The third kappa shape index (κ3) is 3.28. The van der Waals surface area contributed by atoms with Gasteiger partial charge in [0.2, 0.25) is 0 Å². The highest BCUT2D eigenvalue weighted by Gasteiger charge is 1.92. The van der Waals surface area contributed by atoms with E-state index in [1.54, 1.807) is 0 Å². The highest BCUT2D eigenvalue weighted by atomic mass is 14.6. The SMILES string of the molecule is CCC[C@@H](N)C#N. The molecule has 0 aliphatic heterocycles. The van der Waals surface area contributed by atoms with E-state index in [-0.39, 0.29) is 6.04 Å². The molecule has 0 spiro atoms. The maximum atomic E-state index is 8.09. The summed E-state index contributed by atoms with van der Waals surface area (Å²) in [6, 6.07) is 1.70. The molecule has 2 heteroatoms. The molecule has 0 aromatic carbocycles. The Bertz CT molecular complexity index is 72.6. The third-order valence-corrected chi connectivity index (χ3v) is 0.766. The minimum absolute atomic E-state index is 0.245. The third-order valence-electron chi connectivity index (χ3n) is 0.766. The Balaban J connectivity index is 3.04. The van der Waals surface area contributed by atoms with Crippen LogP contribution in [0, 0.1) is 11.3 Å². The van der Waals surface area contributed by atoms with Gasteiger partial charge < -0.3 is 5.73 Å². The molecule has 0 saturated heterocycles. The molecule has 0 radical (unpaired) electrons. The molecule has 0 fully saturated rings. The molecule has 0 unspecified atom stereocenters. The molecular weight excluding hydrogens is 88.1 g/mol. The van der Waals surface area contributed by atoms with Crippen LogP contribution in [0.25, 0.3) is 0 Å². The molecule has 0 amide bonds. The normalized spacial score (nSPS) is 12.7. The van der Waals surface area contributed by atoms with Crippen molar-refractivity contribution in [3.63, 3.8) is 0 Å². The highest BCUT2D eigenvalue weighted by Crippen LogP contribution is 1.88. The summed E-state index contributed by atoms with van der Waals surface area (Å²) >= 11 is 0. The molecule has 0 aromatic rings. The van der Waals surface area contributed by atoms with E-state index in [1.807, 2.05) is 13.0 Å². The second-order valence-electron chi connectivity index (χ2n) is 1.52. The van der Waals surface area contributed by atoms with E-state index < -0.39 is 0 Å². The van der Waals surface area contributed by atoms with Gasteiger partial charge in [-0.3, -0.25) is 0 Å². The Hall–Kier alpha value is -0.550. The Labute approximate surface area is 43.9 Å². The Morgan fingerprint density at radius 1 is 1.86 bits per heavy atom. The summed E-state index contributed by atoms with van der Waals surface area (Å²) < 4.78 is 0. The standard InChI is InChI=1S/C5H10N2/c1-2-3-5(7)4-6/h5H,2-3,7H2,1H3/t5-/m1/s1. The molecule has 0 bridgehead atoms. The van der Waals surface area contributed by atoms with Crippen molar-refractivity contribution in [3.05, 3.63) is 0 Å². The predicted molar refractivity (Wildman–Crippen MR) is 28.5 cm³/mol. The van der Waals surface area contributed by atoms with Crippen molar-refractivity contribution >= 4 is 0 Å². The summed E-state index contributed by atoms with van der Waals surface area (Å²) in [4.78, 5) is 0. The van der Waals surface area contributed by atoms with Gasteiger partial charge in [0.1, 0.15) is 0 Å². The minimum atomic E-state index is -0.245. The summed E-state index contributed by atoms with van der Waals surface area (Å²) in [5, 5.41) is 8.09. The van der Waals surface area contributed by atoms with Crippen molar-refractivity contribution in [2.45, 2.75) is 25.8 Å². The first kappa shape index (κ1) is 6.45. The molecule has 0 aliphatic rings. The highest BCUT2D eigenvalue weighted by molar-refractivity contribution is 4.85. The minimum Gasteiger partial charge on any atom is -0.316 e. The van der Waals surface area contributed by atoms with Gasteiger partial charge in [-0.15, -0.1) is 0 Å². The summed E-state index contributed by atoms with van der Waals surface area (Å²) in [5.74, 6) is 0. The van der Waals surface area contributed by atoms with Crippen LogP contribution < -0.4 is 5.73 Å². The van der Waals surface area contributed by atoms with E-state index in [9.17, 15) is 0 Å². The van der Waals surface area contributed by atoms with Crippen molar-refractivity contribution < 1.29 is 0 Å². The maximum Gasteiger partial charge on any atom is 0.0927 e. The lowest BCUT2D eigenvalue weighted by atomic mass is 10.2. The van der Waals surface area contributed by atoms with E-state index in [0.717, 1.165) is 12.8 Å². The van der Waals surface area contributed by atoms with Gasteiger partial charge in [-0.25, -0.2) is 0 Å². The second kappa shape index (κ2) is 3.63. The lowest BCUT2D eigenvalue weighted by Crippen LogP contribution is -2.15.